The van der Waals surface area contributed by atoms with Crippen LogP contribution >= 0.6 is 0 Å². The minimum absolute atomic E-state index is 0.163. The van der Waals surface area contributed by atoms with Crippen molar-refractivity contribution in [3.8, 4) is 16.9 Å². The quantitative estimate of drug-likeness (QED) is 0.642. The van der Waals surface area contributed by atoms with E-state index in [2.05, 4.69) is 57.2 Å². The van der Waals surface area contributed by atoms with Gasteiger partial charge in [-0.25, -0.2) is 0 Å². The van der Waals surface area contributed by atoms with Crippen LogP contribution in [-0.2, 0) is 9.47 Å². The Morgan fingerprint density at radius 3 is 2.41 bits per heavy atom. The summed E-state index contributed by atoms with van der Waals surface area (Å²) >= 11 is 0. The van der Waals surface area contributed by atoms with Crippen molar-refractivity contribution in [3.05, 3.63) is 59.3 Å². The lowest BCUT2D eigenvalue weighted by molar-refractivity contribution is -0.0530. The van der Waals surface area contributed by atoms with Crippen LogP contribution in [0.3, 0.4) is 0 Å². The van der Waals surface area contributed by atoms with Gasteiger partial charge in [-0.1, -0.05) is 42.0 Å². The molecule has 1 aliphatic heterocycles. The Labute approximate surface area is 160 Å². The van der Waals surface area contributed by atoms with Gasteiger partial charge in [0.25, 0.3) is 0 Å². The van der Waals surface area contributed by atoms with E-state index in [1.54, 1.807) is 0 Å². The maximum atomic E-state index is 6.33. The standard InChI is InChI=1S/C23H25NO3/c1-15-4-8-18(9-5-15)19-14-24-22-17(3)7-6-16(2)21(22)23(19)27-11-10-20-25-12-13-26-20/h4-9,14,20H,10-13H2,1-3H3. The van der Waals surface area contributed by atoms with Crippen LogP contribution in [0.15, 0.2) is 42.6 Å². The molecule has 0 saturated carbocycles. The average molecular weight is 363 g/mol. The Morgan fingerprint density at radius 1 is 0.963 bits per heavy atom. The molecule has 0 aliphatic carbocycles. The predicted octanol–water partition coefficient (Wildman–Crippen LogP) is 4.97. The molecule has 0 amide bonds. The Kier molecular flexibility index (Phi) is 5.10. The van der Waals surface area contributed by atoms with E-state index in [0.717, 1.165) is 33.3 Å². The van der Waals surface area contributed by atoms with E-state index in [1.165, 1.54) is 11.1 Å². The smallest absolute Gasteiger partial charge is 0.161 e. The molecule has 140 valence electrons. The molecule has 4 rings (SSSR count). The van der Waals surface area contributed by atoms with Crippen LogP contribution in [-0.4, -0.2) is 31.1 Å². The Morgan fingerprint density at radius 2 is 1.67 bits per heavy atom. The molecule has 0 N–H and O–H groups in total. The molecule has 1 aromatic heterocycles. The van der Waals surface area contributed by atoms with Crippen molar-refractivity contribution in [2.75, 3.05) is 19.8 Å². The highest BCUT2D eigenvalue weighted by molar-refractivity contribution is 5.96. The zero-order valence-corrected chi connectivity index (χ0v) is 16.1. The predicted molar refractivity (Wildman–Crippen MR) is 107 cm³/mol. The fourth-order valence-corrected chi connectivity index (χ4v) is 3.49. The molecule has 3 aromatic rings. The van der Waals surface area contributed by atoms with Gasteiger partial charge < -0.3 is 14.2 Å². The van der Waals surface area contributed by atoms with E-state index in [0.29, 0.717) is 26.2 Å². The third-order valence-corrected chi connectivity index (χ3v) is 5.04. The lowest BCUT2D eigenvalue weighted by Crippen LogP contribution is -2.13. The third-order valence-electron chi connectivity index (χ3n) is 5.04. The summed E-state index contributed by atoms with van der Waals surface area (Å²) in [6.07, 6.45) is 2.48. The first-order valence-electron chi connectivity index (χ1n) is 9.45. The first-order valence-corrected chi connectivity index (χ1v) is 9.45. The average Bonchev–Trinajstić information content (AvgIpc) is 3.19. The molecule has 0 radical (unpaired) electrons. The number of rotatable bonds is 5. The zero-order chi connectivity index (χ0) is 18.8. The molecule has 27 heavy (non-hydrogen) atoms. The van der Waals surface area contributed by atoms with Gasteiger partial charge in [-0.2, -0.15) is 0 Å². The maximum absolute atomic E-state index is 6.33. The molecule has 1 saturated heterocycles. The van der Waals surface area contributed by atoms with E-state index in [1.807, 2.05) is 6.20 Å². The summed E-state index contributed by atoms with van der Waals surface area (Å²) in [4.78, 5) is 4.76. The van der Waals surface area contributed by atoms with Crippen LogP contribution in [0, 0.1) is 20.8 Å². The topological polar surface area (TPSA) is 40.6 Å². The summed E-state index contributed by atoms with van der Waals surface area (Å²) in [6.45, 7) is 8.15. The van der Waals surface area contributed by atoms with Crippen molar-refractivity contribution >= 4 is 10.9 Å². The molecule has 1 aliphatic rings. The summed E-state index contributed by atoms with van der Waals surface area (Å²) in [5, 5.41) is 1.08. The number of fused-ring (bicyclic) bond motifs is 1. The van der Waals surface area contributed by atoms with Crippen LogP contribution in [0.2, 0.25) is 0 Å². The molecule has 0 spiro atoms. The highest BCUT2D eigenvalue weighted by Gasteiger charge is 2.18. The number of nitrogens with zero attached hydrogens (tertiary/aromatic N) is 1. The Bertz CT molecular complexity index is 944. The van der Waals surface area contributed by atoms with Gasteiger partial charge in [-0.15, -0.1) is 0 Å². The van der Waals surface area contributed by atoms with Gasteiger partial charge in [0.15, 0.2) is 6.29 Å². The van der Waals surface area contributed by atoms with Crippen molar-refractivity contribution in [2.24, 2.45) is 0 Å². The fraction of sp³-hybridized carbons (Fsp3) is 0.348. The molecular weight excluding hydrogens is 338 g/mol. The number of ether oxygens (including phenoxy) is 3. The normalized spacial score (nSPS) is 14.8. The van der Waals surface area contributed by atoms with E-state index in [-0.39, 0.29) is 6.29 Å². The van der Waals surface area contributed by atoms with Gasteiger partial charge in [0.2, 0.25) is 0 Å². The molecule has 0 unspecified atom stereocenters. The first-order chi connectivity index (χ1) is 13.1. The Balaban J connectivity index is 1.76. The third kappa shape index (κ3) is 3.68. The second kappa shape index (κ2) is 7.67. The molecule has 4 heteroatoms. The fourth-order valence-electron chi connectivity index (χ4n) is 3.49. The minimum atomic E-state index is -0.163. The van der Waals surface area contributed by atoms with Gasteiger partial charge in [0.1, 0.15) is 5.75 Å². The summed E-state index contributed by atoms with van der Waals surface area (Å²) < 4.78 is 17.4. The summed E-state index contributed by atoms with van der Waals surface area (Å²) in [5.74, 6) is 0.892. The van der Waals surface area contributed by atoms with Gasteiger partial charge in [0, 0.05) is 23.6 Å². The van der Waals surface area contributed by atoms with E-state index < -0.39 is 0 Å². The van der Waals surface area contributed by atoms with Crippen molar-refractivity contribution in [2.45, 2.75) is 33.5 Å². The van der Waals surface area contributed by atoms with Crippen LogP contribution in [0.4, 0.5) is 0 Å². The Hall–Kier alpha value is -2.43. The van der Waals surface area contributed by atoms with Gasteiger partial charge in [-0.3, -0.25) is 4.98 Å². The molecule has 0 atom stereocenters. The lowest BCUT2D eigenvalue weighted by atomic mass is 9.98. The van der Waals surface area contributed by atoms with Gasteiger partial charge in [-0.05, 0) is 37.5 Å². The highest BCUT2D eigenvalue weighted by atomic mass is 16.7. The number of aromatic nitrogens is 1. The van der Waals surface area contributed by atoms with E-state index in [9.17, 15) is 0 Å². The molecule has 2 aromatic carbocycles. The number of hydrogen-bond donors (Lipinski definition) is 0. The van der Waals surface area contributed by atoms with Gasteiger partial charge >= 0.3 is 0 Å². The van der Waals surface area contributed by atoms with Crippen LogP contribution in [0.25, 0.3) is 22.0 Å². The second-order valence-electron chi connectivity index (χ2n) is 7.10. The monoisotopic (exact) mass is 363 g/mol. The van der Waals surface area contributed by atoms with Crippen molar-refractivity contribution in [1.82, 2.24) is 4.98 Å². The first kappa shape index (κ1) is 18.0. The maximum Gasteiger partial charge on any atom is 0.161 e. The SMILES string of the molecule is Cc1ccc(-c2cnc3c(C)ccc(C)c3c2OCCC2OCCO2)cc1. The van der Waals surface area contributed by atoms with E-state index >= 15 is 0 Å². The number of benzene rings is 2. The minimum Gasteiger partial charge on any atom is -0.492 e. The largest absolute Gasteiger partial charge is 0.492 e. The van der Waals surface area contributed by atoms with Gasteiger partial charge in [0.05, 0.1) is 25.3 Å². The van der Waals surface area contributed by atoms with Crippen molar-refractivity contribution in [1.29, 1.82) is 0 Å². The molecule has 1 fully saturated rings. The van der Waals surface area contributed by atoms with E-state index in [4.69, 9.17) is 19.2 Å². The second-order valence-corrected chi connectivity index (χ2v) is 7.10. The molecule has 2 heterocycles. The summed E-state index contributed by atoms with van der Waals surface area (Å²) in [5.41, 5.74) is 6.68. The van der Waals surface area contributed by atoms with Crippen LogP contribution < -0.4 is 4.74 Å². The number of aryl methyl sites for hydroxylation is 3. The highest BCUT2D eigenvalue weighted by Crippen LogP contribution is 2.38. The lowest BCUT2D eigenvalue weighted by Gasteiger charge is -2.18. The summed E-state index contributed by atoms with van der Waals surface area (Å²) in [7, 11) is 0. The van der Waals surface area contributed by atoms with Crippen LogP contribution in [0.5, 0.6) is 5.75 Å². The number of hydrogen-bond acceptors (Lipinski definition) is 4. The molecule has 0 bridgehead atoms. The number of pyridine rings is 1. The van der Waals surface area contributed by atoms with Crippen LogP contribution in [0.1, 0.15) is 23.1 Å². The molecular formula is C23H25NO3. The van der Waals surface area contributed by atoms with Crippen molar-refractivity contribution in [3.63, 3.8) is 0 Å². The summed E-state index contributed by atoms with van der Waals surface area (Å²) in [6, 6.07) is 12.7. The molecule has 4 nitrogen and oxygen atoms in total. The van der Waals surface area contributed by atoms with Crippen molar-refractivity contribution < 1.29 is 14.2 Å². The zero-order valence-electron chi connectivity index (χ0n) is 16.1.